The lowest BCUT2D eigenvalue weighted by Crippen LogP contribution is -2.31. The maximum Gasteiger partial charge on any atom is 0.227 e. The topological polar surface area (TPSA) is 41.1 Å². The zero-order valence-corrected chi connectivity index (χ0v) is 11.2. The van der Waals surface area contributed by atoms with E-state index in [4.69, 9.17) is 4.98 Å². The van der Waals surface area contributed by atoms with Gasteiger partial charge in [0.1, 0.15) is 5.82 Å². The van der Waals surface area contributed by atoms with E-state index in [2.05, 4.69) is 28.2 Å². The summed E-state index contributed by atoms with van der Waals surface area (Å²) in [6.07, 6.45) is 6.48. The highest BCUT2D eigenvalue weighted by Gasteiger charge is 2.27. The van der Waals surface area contributed by atoms with Crippen LogP contribution in [-0.2, 0) is 0 Å². The number of anilines is 2. The number of nitrogens with zero attached hydrogens (tertiary/aromatic N) is 3. The Hall–Kier alpha value is -1.32. The molecule has 98 valence electrons. The fourth-order valence-electron chi connectivity index (χ4n) is 2.55. The molecule has 4 nitrogen and oxygen atoms in total. The molecule has 0 aromatic carbocycles. The van der Waals surface area contributed by atoms with Crippen molar-refractivity contribution in [2.75, 3.05) is 29.9 Å². The van der Waals surface area contributed by atoms with Crippen LogP contribution in [0, 0.1) is 0 Å². The predicted molar refractivity (Wildman–Crippen MR) is 74.2 cm³/mol. The van der Waals surface area contributed by atoms with Gasteiger partial charge in [0.25, 0.3) is 0 Å². The van der Waals surface area contributed by atoms with Crippen LogP contribution in [0.1, 0.15) is 50.6 Å². The number of piperidine rings is 1. The van der Waals surface area contributed by atoms with E-state index in [1.165, 1.54) is 37.8 Å². The first-order chi connectivity index (χ1) is 8.86. The second-order valence-electron chi connectivity index (χ2n) is 5.33. The highest BCUT2D eigenvalue weighted by molar-refractivity contribution is 5.45. The molecule has 0 unspecified atom stereocenters. The van der Waals surface area contributed by atoms with Crippen LogP contribution < -0.4 is 10.2 Å². The molecule has 0 spiro atoms. The van der Waals surface area contributed by atoms with E-state index in [-0.39, 0.29) is 0 Å². The summed E-state index contributed by atoms with van der Waals surface area (Å²) in [5.41, 5.74) is 1.24. The normalized spacial score (nSPS) is 19.9. The molecule has 0 bridgehead atoms. The van der Waals surface area contributed by atoms with Crippen LogP contribution in [-0.4, -0.2) is 29.6 Å². The zero-order chi connectivity index (χ0) is 12.4. The van der Waals surface area contributed by atoms with E-state index in [1.54, 1.807) is 0 Å². The van der Waals surface area contributed by atoms with Crippen LogP contribution in [0.5, 0.6) is 0 Å². The summed E-state index contributed by atoms with van der Waals surface area (Å²) in [7, 11) is 0. The van der Waals surface area contributed by atoms with Crippen molar-refractivity contribution < 1.29 is 0 Å². The Kier molecular flexibility index (Phi) is 3.35. The lowest BCUT2D eigenvalue weighted by Gasteiger charge is -2.27. The van der Waals surface area contributed by atoms with Crippen LogP contribution in [0.15, 0.2) is 6.07 Å². The molecule has 0 amide bonds. The fraction of sp³-hybridized carbons (Fsp3) is 0.714. The van der Waals surface area contributed by atoms with Crippen LogP contribution in [0.4, 0.5) is 11.8 Å². The summed E-state index contributed by atoms with van der Waals surface area (Å²) in [5.74, 6) is 2.62. The van der Waals surface area contributed by atoms with Gasteiger partial charge in [0, 0.05) is 31.6 Å². The third-order valence-corrected chi connectivity index (χ3v) is 3.73. The molecule has 1 aliphatic heterocycles. The molecule has 0 atom stereocenters. The van der Waals surface area contributed by atoms with E-state index in [0.717, 1.165) is 31.4 Å². The summed E-state index contributed by atoms with van der Waals surface area (Å²) >= 11 is 0. The monoisotopic (exact) mass is 246 g/mol. The summed E-state index contributed by atoms with van der Waals surface area (Å²) in [6, 6.07) is 2.13. The highest BCUT2D eigenvalue weighted by atomic mass is 15.3. The Morgan fingerprint density at radius 1 is 1.22 bits per heavy atom. The molecule has 1 N–H and O–H groups in total. The fourth-order valence-corrected chi connectivity index (χ4v) is 2.55. The standard InChI is InChI=1S/C14H22N4/c1-2-15-13-10-12(11-6-7-11)16-14(17-13)18-8-4-3-5-9-18/h10-11H,2-9H2,1H3,(H,15,16,17). The molecule has 0 radical (unpaired) electrons. The van der Waals surface area contributed by atoms with Crippen molar-refractivity contribution >= 4 is 11.8 Å². The maximum atomic E-state index is 4.78. The number of aromatic nitrogens is 2. The molecular weight excluding hydrogens is 224 g/mol. The Morgan fingerprint density at radius 3 is 2.67 bits per heavy atom. The van der Waals surface area contributed by atoms with Crippen LogP contribution in [0.3, 0.4) is 0 Å². The van der Waals surface area contributed by atoms with Crippen LogP contribution >= 0.6 is 0 Å². The van der Waals surface area contributed by atoms with Crippen molar-refractivity contribution in [1.82, 2.24) is 9.97 Å². The van der Waals surface area contributed by atoms with Crippen LogP contribution in [0.2, 0.25) is 0 Å². The molecular formula is C14H22N4. The second kappa shape index (κ2) is 5.12. The lowest BCUT2D eigenvalue weighted by atomic mass is 10.1. The van der Waals surface area contributed by atoms with E-state index < -0.39 is 0 Å². The molecule has 4 heteroatoms. The third kappa shape index (κ3) is 2.57. The van der Waals surface area contributed by atoms with E-state index in [0.29, 0.717) is 5.92 Å². The summed E-state index contributed by atoms with van der Waals surface area (Å²) < 4.78 is 0. The molecule has 2 fully saturated rings. The van der Waals surface area contributed by atoms with Crippen molar-refractivity contribution in [1.29, 1.82) is 0 Å². The largest absolute Gasteiger partial charge is 0.370 e. The highest BCUT2D eigenvalue weighted by Crippen LogP contribution is 2.40. The molecule has 1 saturated heterocycles. The van der Waals surface area contributed by atoms with Gasteiger partial charge in [-0.15, -0.1) is 0 Å². The van der Waals surface area contributed by atoms with Gasteiger partial charge >= 0.3 is 0 Å². The van der Waals surface area contributed by atoms with Gasteiger partial charge in [-0.1, -0.05) is 0 Å². The molecule has 2 heterocycles. The average molecular weight is 246 g/mol. The van der Waals surface area contributed by atoms with Gasteiger partial charge in [-0.05, 0) is 39.0 Å². The summed E-state index contributed by atoms with van der Waals surface area (Å²) in [5, 5.41) is 3.33. The molecule has 18 heavy (non-hydrogen) atoms. The molecule has 1 aromatic heterocycles. The minimum absolute atomic E-state index is 0.689. The Bertz CT molecular complexity index is 408. The zero-order valence-electron chi connectivity index (χ0n) is 11.2. The van der Waals surface area contributed by atoms with Crippen molar-refractivity contribution in [3.63, 3.8) is 0 Å². The average Bonchev–Trinajstić information content (AvgIpc) is 3.24. The molecule has 2 aliphatic rings. The molecule has 1 aromatic rings. The SMILES string of the molecule is CCNc1cc(C2CC2)nc(N2CCCCC2)n1. The van der Waals surface area contributed by atoms with Gasteiger partial charge in [0.15, 0.2) is 0 Å². The first-order valence-corrected chi connectivity index (χ1v) is 7.24. The first kappa shape index (κ1) is 11.8. The molecule has 1 saturated carbocycles. The van der Waals surface area contributed by atoms with E-state index in [9.17, 15) is 0 Å². The maximum absolute atomic E-state index is 4.78. The number of nitrogens with one attached hydrogen (secondary N) is 1. The van der Waals surface area contributed by atoms with Gasteiger partial charge < -0.3 is 10.2 Å². The van der Waals surface area contributed by atoms with Gasteiger partial charge in [-0.2, -0.15) is 4.98 Å². The van der Waals surface area contributed by atoms with Gasteiger partial charge in [-0.25, -0.2) is 4.98 Å². The van der Waals surface area contributed by atoms with Crippen LogP contribution in [0.25, 0.3) is 0 Å². The first-order valence-electron chi connectivity index (χ1n) is 7.24. The third-order valence-electron chi connectivity index (χ3n) is 3.73. The van der Waals surface area contributed by atoms with Crippen molar-refractivity contribution in [2.45, 2.75) is 44.9 Å². The number of hydrogen-bond donors (Lipinski definition) is 1. The smallest absolute Gasteiger partial charge is 0.227 e. The quantitative estimate of drug-likeness (QED) is 0.887. The number of hydrogen-bond acceptors (Lipinski definition) is 4. The Morgan fingerprint density at radius 2 is 2.00 bits per heavy atom. The lowest BCUT2D eigenvalue weighted by molar-refractivity contribution is 0.567. The predicted octanol–water partition coefficient (Wildman–Crippen LogP) is 2.78. The van der Waals surface area contributed by atoms with Crippen molar-refractivity contribution in [3.8, 4) is 0 Å². The second-order valence-corrected chi connectivity index (χ2v) is 5.33. The summed E-state index contributed by atoms with van der Waals surface area (Å²) in [4.78, 5) is 11.8. The summed E-state index contributed by atoms with van der Waals surface area (Å²) in [6.45, 7) is 5.25. The van der Waals surface area contributed by atoms with Gasteiger partial charge in [0.05, 0.1) is 5.69 Å². The van der Waals surface area contributed by atoms with E-state index >= 15 is 0 Å². The molecule has 1 aliphatic carbocycles. The Labute approximate surface area is 109 Å². The van der Waals surface area contributed by atoms with Gasteiger partial charge in [-0.3, -0.25) is 0 Å². The Balaban J connectivity index is 1.86. The minimum atomic E-state index is 0.689. The minimum Gasteiger partial charge on any atom is -0.370 e. The van der Waals surface area contributed by atoms with E-state index in [1.807, 2.05) is 0 Å². The molecule has 3 rings (SSSR count). The van der Waals surface area contributed by atoms with Crippen molar-refractivity contribution in [2.24, 2.45) is 0 Å². The number of rotatable bonds is 4. The van der Waals surface area contributed by atoms with Gasteiger partial charge in [0.2, 0.25) is 5.95 Å². The van der Waals surface area contributed by atoms with Crippen molar-refractivity contribution in [3.05, 3.63) is 11.8 Å².